The molecule has 0 saturated heterocycles. The number of thiophene rings is 1. The van der Waals surface area contributed by atoms with Crippen molar-refractivity contribution in [2.24, 2.45) is 0 Å². The van der Waals surface area contributed by atoms with Crippen LogP contribution in [-0.4, -0.2) is 15.3 Å². The lowest BCUT2D eigenvalue weighted by atomic mass is 9.99. The number of nitrogens with zero attached hydrogens (tertiary/aromatic N) is 2. The maximum absolute atomic E-state index is 13.3. The zero-order valence-electron chi connectivity index (χ0n) is 15.9. The van der Waals surface area contributed by atoms with Gasteiger partial charge in [-0.1, -0.05) is 37.6 Å². The van der Waals surface area contributed by atoms with Gasteiger partial charge in [0.2, 0.25) is 0 Å². The van der Waals surface area contributed by atoms with E-state index in [0.29, 0.717) is 18.4 Å². The van der Waals surface area contributed by atoms with E-state index in [9.17, 15) is 9.59 Å². The summed E-state index contributed by atoms with van der Waals surface area (Å²) in [6, 6.07) is 6.26. The fraction of sp³-hybridized carbons (Fsp3) is 0.381. The number of hydrogen-bond donors (Lipinski definition) is 0. The van der Waals surface area contributed by atoms with Crippen LogP contribution in [0.2, 0.25) is 0 Å². The quantitative estimate of drug-likeness (QED) is 0.647. The molecule has 0 bridgehead atoms. The topological polar surface area (TPSA) is 52.0 Å². The molecule has 3 aromatic rings. The van der Waals surface area contributed by atoms with Crippen LogP contribution in [0, 0.1) is 13.8 Å². The summed E-state index contributed by atoms with van der Waals surface area (Å²) >= 11 is 1.51. The highest BCUT2D eigenvalue weighted by molar-refractivity contribution is 7.17. The van der Waals surface area contributed by atoms with Crippen LogP contribution in [0.3, 0.4) is 0 Å². The SMILES string of the molecule is CC(=O)CCn1c(C(C)C)nc2scc(-c3ccc(C)cc3C)c2c1=O. The van der Waals surface area contributed by atoms with Crippen molar-refractivity contribution in [1.82, 2.24) is 9.55 Å². The highest BCUT2D eigenvalue weighted by atomic mass is 32.1. The van der Waals surface area contributed by atoms with Crippen LogP contribution in [0.1, 0.15) is 50.1 Å². The number of Topliss-reactive ketones (excluding diaryl/α,β-unsaturated/α-hetero) is 1. The molecule has 3 rings (SSSR count). The van der Waals surface area contributed by atoms with E-state index in [2.05, 4.69) is 32.0 Å². The Morgan fingerprint density at radius 1 is 1.23 bits per heavy atom. The van der Waals surface area contributed by atoms with Gasteiger partial charge in [-0.15, -0.1) is 11.3 Å². The van der Waals surface area contributed by atoms with Gasteiger partial charge in [-0.25, -0.2) is 4.98 Å². The third-order valence-corrected chi connectivity index (χ3v) is 5.47. The molecule has 0 spiro atoms. The van der Waals surface area contributed by atoms with Crippen LogP contribution < -0.4 is 5.56 Å². The molecule has 0 saturated carbocycles. The van der Waals surface area contributed by atoms with E-state index in [1.165, 1.54) is 16.9 Å². The maximum atomic E-state index is 13.3. The van der Waals surface area contributed by atoms with Gasteiger partial charge in [-0.2, -0.15) is 0 Å². The molecule has 5 heteroatoms. The second-order valence-corrected chi connectivity index (χ2v) is 8.04. The molecule has 1 aromatic carbocycles. The molecule has 2 heterocycles. The molecule has 0 aliphatic heterocycles. The molecule has 136 valence electrons. The van der Waals surface area contributed by atoms with E-state index in [1.54, 1.807) is 11.5 Å². The van der Waals surface area contributed by atoms with Crippen molar-refractivity contribution < 1.29 is 4.79 Å². The van der Waals surface area contributed by atoms with Crippen LogP contribution in [0.5, 0.6) is 0 Å². The molecule has 2 aromatic heterocycles. The molecular formula is C21H24N2O2S. The minimum absolute atomic E-state index is 0.0452. The molecule has 0 unspecified atom stereocenters. The third-order valence-electron chi connectivity index (χ3n) is 4.60. The Balaban J connectivity index is 2.27. The zero-order valence-corrected chi connectivity index (χ0v) is 16.7. The number of benzene rings is 1. The first-order valence-corrected chi connectivity index (χ1v) is 9.76. The first-order chi connectivity index (χ1) is 12.3. The number of fused-ring (bicyclic) bond motifs is 1. The lowest BCUT2D eigenvalue weighted by molar-refractivity contribution is -0.117. The number of hydrogen-bond acceptors (Lipinski definition) is 4. The van der Waals surface area contributed by atoms with Gasteiger partial charge in [0.25, 0.3) is 5.56 Å². The van der Waals surface area contributed by atoms with Gasteiger partial charge >= 0.3 is 0 Å². The molecule has 0 atom stereocenters. The van der Waals surface area contributed by atoms with Gasteiger partial charge in [0, 0.05) is 29.8 Å². The second-order valence-electron chi connectivity index (χ2n) is 7.18. The Morgan fingerprint density at radius 2 is 1.96 bits per heavy atom. The van der Waals surface area contributed by atoms with E-state index in [1.807, 2.05) is 19.2 Å². The minimum atomic E-state index is -0.0452. The molecule has 0 aliphatic rings. The smallest absolute Gasteiger partial charge is 0.262 e. The van der Waals surface area contributed by atoms with Gasteiger partial charge < -0.3 is 0 Å². The summed E-state index contributed by atoms with van der Waals surface area (Å²) in [5.74, 6) is 0.940. The highest BCUT2D eigenvalue weighted by Crippen LogP contribution is 2.34. The van der Waals surface area contributed by atoms with Gasteiger partial charge in [0.15, 0.2) is 0 Å². The molecule has 26 heavy (non-hydrogen) atoms. The number of carbonyl (C=O) groups excluding carboxylic acids is 1. The molecule has 0 N–H and O–H groups in total. The first-order valence-electron chi connectivity index (χ1n) is 8.88. The third kappa shape index (κ3) is 3.36. The fourth-order valence-corrected chi connectivity index (χ4v) is 4.22. The summed E-state index contributed by atoms with van der Waals surface area (Å²) in [4.78, 5) is 30.3. The Morgan fingerprint density at radius 3 is 2.58 bits per heavy atom. The van der Waals surface area contributed by atoms with Crippen molar-refractivity contribution in [1.29, 1.82) is 0 Å². The van der Waals surface area contributed by atoms with Crippen LogP contribution >= 0.6 is 11.3 Å². The molecule has 0 amide bonds. The van der Waals surface area contributed by atoms with Crippen molar-refractivity contribution in [3.8, 4) is 11.1 Å². The number of rotatable bonds is 5. The average Bonchev–Trinajstić information content (AvgIpc) is 2.97. The monoisotopic (exact) mass is 368 g/mol. The molecule has 4 nitrogen and oxygen atoms in total. The van der Waals surface area contributed by atoms with E-state index >= 15 is 0 Å². The van der Waals surface area contributed by atoms with Crippen molar-refractivity contribution in [3.05, 3.63) is 50.9 Å². The normalized spacial score (nSPS) is 11.5. The van der Waals surface area contributed by atoms with Crippen molar-refractivity contribution in [2.45, 2.75) is 53.5 Å². The highest BCUT2D eigenvalue weighted by Gasteiger charge is 2.19. The van der Waals surface area contributed by atoms with E-state index in [4.69, 9.17) is 4.98 Å². The van der Waals surface area contributed by atoms with Crippen LogP contribution in [0.25, 0.3) is 21.3 Å². The summed E-state index contributed by atoms with van der Waals surface area (Å²) in [6.45, 7) is 10.1. The Labute approximate surface area is 157 Å². The van der Waals surface area contributed by atoms with Crippen LogP contribution in [-0.2, 0) is 11.3 Å². The fourth-order valence-electron chi connectivity index (χ4n) is 3.28. The number of aryl methyl sites for hydroxylation is 2. The summed E-state index contributed by atoms with van der Waals surface area (Å²) < 4.78 is 1.69. The van der Waals surface area contributed by atoms with E-state index in [0.717, 1.165) is 27.3 Å². The predicted octanol–water partition coefficient (Wildman–Crippen LogP) is 4.84. The second kappa shape index (κ2) is 7.16. The maximum Gasteiger partial charge on any atom is 0.262 e. The number of ketones is 1. The number of carbonyl (C=O) groups is 1. The van der Waals surface area contributed by atoms with E-state index in [-0.39, 0.29) is 17.3 Å². The Kier molecular flexibility index (Phi) is 5.10. The number of aromatic nitrogens is 2. The first kappa shape index (κ1) is 18.5. The van der Waals surface area contributed by atoms with Crippen LogP contribution in [0.15, 0.2) is 28.4 Å². The molecular weight excluding hydrogens is 344 g/mol. The van der Waals surface area contributed by atoms with Crippen molar-refractivity contribution >= 4 is 27.3 Å². The van der Waals surface area contributed by atoms with Gasteiger partial charge in [0.1, 0.15) is 16.4 Å². The minimum Gasteiger partial charge on any atom is -0.300 e. The lowest BCUT2D eigenvalue weighted by Crippen LogP contribution is -2.26. The van der Waals surface area contributed by atoms with Crippen molar-refractivity contribution in [2.75, 3.05) is 0 Å². The standard InChI is InChI=1S/C21H24N2O2S/c1-12(2)19-22-20-18(21(25)23(19)9-8-15(5)24)17(11-26-20)16-7-6-13(3)10-14(16)4/h6-7,10-12H,8-9H2,1-5H3. The molecule has 0 fully saturated rings. The Hall–Kier alpha value is -2.27. The summed E-state index contributed by atoms with van der Waals surface area (Å²) in [7, 11) is 0. The zero-order chi connectivity index (χ0) is 19.0. The Bertz CT molecular complexity index is 1040. The predicted molar refractivity (Wildman–Crippen MR) is 108 cm³/mol. The summed E-state index contributed by atoms with van der Waals surface area (Å²) in [5.41, 5.74) is 4.30. The van der Waals surface area contributed by atoms with Crippen molar-refractivity contribution in [3.63, 3.8) is 0 Å². The van der Waals surface area contributed by atoms with Gasteiger partial charge in [-0.3, -0.25) is 14.2 Å². The summed E-state index contributed by atoms with van der Waals surface area (Å²) in [6.07, 6.45) is 0.343. The van der Waals surface area contributed by atoms with Gasteiger partial charge in [-0.05, 0) is 31.9 Å². The van der Waals surface area contributed by atoms with Gasteiger partial charge in [0.05, 0.1) is 5.39 Å². The van der Waals surface area contributed by atoms with Crippen LogP contribution in [0.4, 0.5) is 0 Å². The molecule has 0 radical (unpaired) electrons. The molecule has 0 aliphatic carbocycles. The average molecular weight is 369 g/mol. The lowest BCUT2D eigenvalue weighted by Gasteiger charge is -2.15. The largest absolute Gasteiger partial charge is 0.300 e. The van der Waals surface area contributed by atoms with E-state index < -0.39 is 0 Å². The summed E-state index contributed by atoms with van der Waals surface area (Å²) in [5, 5.41) is 2.69.